The Balaban J connectivity index is 2.58. The quantitative estimate of drug-likeness (QED) is 0.182. The predicted octanol–water partition coefficient (Wildman–Crippen LogP) is 6.70. The van der Waals surface area contributed by atoms with Gasteiger partial charge in [0.1, 0.15) is 0 Å². The molecule has 0 saturated heterocycles. The van der Waals surface area contributed by atoms with Crippen LogP contribution in [0.5, 0.6) is 0 Å². The van der Waals surface area contributed by atoms with Gasteiger partial charge in [0.2, 0.25) is 0 Å². The monoisotopic (exact) mass is 410 g/mol. The van der Waals surface area contributed by atoms with Gasteiger partial charge in [0.05, 0.1) is 25.0 Å². The second kappa shape index (κ2) is 15.7. The number of hydrogen-bond acceptors (Lipinski definition) is 4. The first-order valence-corrected chi connectivity index (χ1v) is 12.4. The molecule has 1 saturated carbocycles. The Morgan fingerprint density at radius 3 is 1.41 bits per heavy atom. The van der Waals surface area contributed by atoms with Gasteiger partial charge in [-0.3, -0.25) is 9.59 Å². The van der Waals surface area contributed by atoms with Crippen molar-refractivity contribution in [1.82, 2.24) is 0 Å². The highest BCUT2D eigenvalue weighted by molar-refractivity contribution is 5.82. The third-order valence-electron chi connectivity index (χ3n) is 6.46. The van der Waals surface area contributed by atoms with Crippen molar-refractivity contribution in [2.75, 3.05) is 13.2 Å². The normalized spacial score (nSPS) is 24.7. The van der Waals surface area contributed by atoms with Crippen molar-refractivity contribution >= 4 is 11.9 Å². The van der Waals surface area contributed by atoms with Crippen LogP contribution in [0.3, 0.4) is 0 Å². The average molecular weight is 411 g/mol. The van der Waals surface area contributed by atoms with Gasteiger partial charge >= 0.3 is 11.9 Å². The number of esters is 2. The summed E-state index contributed by atoms with van der Waals surface area (Å²) in [5.74, 6) is -0.783. The van der Waals surface area contributed by atoms with E-state index in [0.717, 1.165) is 44.9 Å². The Labute approximate surface area is 179 Å². The van der Waals surface area contributed by atoms with Crippen LogP contribution in [-0.4, -0.2) is 25.2 Å². The highest BCUT2D eigenvalue weighted by Gasteiger charge is 2.44. The lowest BCUT2D eigenvalue weighted by atomic mass is 9.77. The number of unbranched alkanes of at least 4 members (excludes halogenated alkanes) is 8. The summed E-state index contributed by atoms with van der Waals surface area (Å²) in [5, 5.41) is 0. The van der Waals surface area contributed by atoms with E-state index in [1.165, 1.54) is 38.5 Å². The lowest BCUT2D eigenvalue weighted by Crippen LogP contribution is -2.39. The summed E-state index contributed by atoms with van der Waals surface area (Å²) in [4.78, 5) is 25.9. The fourth-order valence-corrected chi connectivity index (χ4v) is 4.54. The van der Waals surface area contributed by atoms with Crippen molar-refractivity contribution in [3.63, 3.8) is 0 Å². The molecule has 0 bridgehead atoms. The molecule has 1 fully saturated rings. The van der Waals surface area contributed by atoms with Crippen molar-refractivity contribution in [2.45, 2.75) is 111 Å². The Morgan fingerprint density at radius 2 is 1.03 bits per heavy atom. The Bertz CT molecular complexity index is 408. The molecule has 1 aliphatic rings. The molecule has 4 unspecified atom stereocenters. The van der Waals surface area contributed by atoms with E-state index in [2.05, 4.69) is 27.7 Å². The predicted molar refractivity (Wildman–Crippen MR) is 119 cm³/mol. The molecule has 0 amide bonds. The second-order valence-corrected chi connectivity index (χ2v) is 9.10. The minimum Gasteiger partial charge on any atom is -0.465 e. The molecular weight excluding hydrogens is 364 g/mol. The van der Waals surface area contributed by atoms with Gasteiger partial charge in [0.15, 0.2) is 0 Å². The molecule has 0 heterocycles. The first kappa shape index (κ1) is 26.0. The van der Waals surface area contributed by atoms with Crippen LogP contribution in [0.2, 0.25) is 0 Å². The van der Waals surface area contributed by atoms with Gasteiger partial charge in [-0.25, -0.2) is 0 Å². The zero-order valence-electron chi connectivity index (χ0n) is 19.5. The van der Waals surface area contributed by atoms with Gasteiger partial charge in [-0.1, -0.05) is 85.5 Å². The third kappa shape index (κ3) is 10.00. The van der Waals surface area contributed by atoms with Crippen LogP contribution in [0.4, 0.5) is 0 Å². The topological polar surface area (TPSA) is 52.6 Å². The summed E-state index contributed by atoms with van der Waals surface area (Å²) in [6, 6.07) is 0. The SMILES string of the molecule is CCCCCCCOC(=O)C1C(C)CCCC(C)C1C(=O)OCCCCCCC. The molecule has 4 nitrogen and oxygen atoms in total. The molecule has 0 aromatic carbocycles. The largest absolute Gasteiger partial charge is 0.465 e. The van der Waals surface area contributed by atoms with Crippen molar-refractivity contribution in [3.8, 4) is 0 Å². The number of carbonyl (C=O) groups excluding carboxylic acids is 2. The number of ether oxygens (including phenoxy) is 2. The van der Waals surface area contributed by atoms with E-state index in [1.54, 1.807) is 0 Å². The van der Waals surface area contributed by atoms with E-state index in [0.29, 0.717) is 13.2 Å². The minimum absolute atomic E-state index is 0.162. The zero-order chi connectivity index (χ0) is 21.5. The van der Waals surface area contributed by atoms with Gasteiger partial charge in [0.25, 0.3) is 0 Å². The summed E-state index contributed by atoms with van der Waals surface area (Å²) in [6.45, 7) is 9.52. The van der Waals surface area contributed by atoms with Gasteiger partial charge in [-0.05, 0) is 37.5 Å². The van der Waals surface area contributed by atoms with E-state index in [1.807, 2.05) is 0 Å². The van der Waals surface area contributed by atoms with Crippen LogP contribution < -0.4 is 0 Å². The summed E-state index contributed by atoms with van der Waals surface area (Å²) >= 11 is 0. The molecule has 4 heteroatoms. The van der Waals surface area contributed by atoms with Crippen LogP contribution in [0.25, 0.3) is 0 Å². The third-order valence-corrected chi connectivity index (χ3v) is 6.46. The summed E-state index contributed by atoms with van der Waals surface area (Å²) in [6.07, 6.45) is 14.3. The smallest absolute Gasteiger partial charge is 0.310 e. The average Bonchev–Trinajstić information content (AvgIpc) is 2.85. The van der Waals surface area contributed by atoms with E-state index >= 15 is 0 Å². The Kier molecular flexibility index (Phi) is 14.1. The number of carbonyl (C=O) groups is 2. The number of rotatable bonds is 14. The molecule has 0 aliphatic heterocycles. The van der Waals surface area contributed by atoms with Gasteiger partial charge in [-0.2, -0.15) is 0 Å². The summed E-state index contributed by atoms with van der Waals surface area (Å²) < 4.78 is 11.3. The van der Waals surface area contributed by atoms with Gasteiger partial charge in [0, 0.05) is 0 Å². The van der Waals surface area contributed by atoms with E-state index in [4.69, 9.17) is 9.47 Å². The Morgan fingerprint density at radius 1 is 0.655 bits per heavy atom. The maximum atomic E-state index is 12.9. The fourth-order valence-electron chi connectivity index (χ4n) is 4.54. The van der Waals surface area contributed by atoms with Gasteiger partial charge in [-0.15, -0.1) is 0 Å². The molecule has 0 aromatic rings. The second-order valence-electron chi connectivity index (χ2n) is 9.10. The molecule has 0 aromatic heterocycles. The molecule has 4 atom stereocenters. The van der Waals surface area contributed by atoms with E-state index in [9.17, 15) is 9.59 Å². The van der Waals surface area contributed by atoms with Crippen molar-refractivity contribution in [3.05, 3.63) is 0 Å². The highest BCUT2D eigenvalue weighted by atomic mass is 16.5. The molecule has 1 aliphatic carbocycles. The standard InChI is InChI=1S/C25H46O4/c1-5-7-9-11-13-18-28-24(26)22-20(3)16-15-17-21(4)23(22)25(27)29-19-14-12-10-8-6-2/h20-23H,5-19H2,1-4H3. The maximum absolute atomic E-state index is 12.9. The van der Waals surface area contributed by atoms with Gasteiger partial charge < -0.3 is 9.47 Å². The summed E-state index contributed by atoms with van der Waals surface area (Å²) in [7, 11) is 0. The molecule has 170 valence electrons. The summed E-state index contributed by atoms with van der Waals surface area (Å²) in [5.41, 5.74) is 0. The molecule has 0 N–H and O–H groups in total. The van der Waals surface area contributed by atoms with Crippen LogP contribution >= 0.6 is 0 Å². The fraction of sp³-hybridized carbons (Fsp3) is 0.920. The minimum atomic E-state index is -0.365. The molecule has 29 heavy (non-hydrogen) atoms. The van der Waals surface area contributed by atoms with E-state index in [-0.39, 0.29) is 35.6 Å². The van der Waals surface area contributed by atoms with Crippen LogP contribution in [0.15, 0.2) is 0 Å². The van der Waals surface area contributed by atoms with Crippen molar-refractivity contribution in [1.29, 1.82) is 0 Å². The van der Waals surface area contributed by atoms with E-state index < -0.39 is 0 Å². The Hall–Kier alpha value is -1.06. The first-order valence-electron chi connectivity index (χ1n) is 12.4. The molecular formula is C25H46O4. The number of hydrogen-bond donors (Lipinski definition) is 0. The maximum Gasteiger partial charge on any atom is 0.310 e. The molecule has 0 radical (unpaired) electrons. The molecule has 0 spiro atoms. The first-order chi connectivity index (χ1) is 14.0. The van der Waals surface area contributed by atoms with Crippen LogP contribution in [-0.2, 0) is 19.1 Å². The lowest BCUT2D eigenvalue weighted by Gasteiger charge is -2.29. The molecule has 1 rings (SSSR count). The highest BCUT2D eigenvalue weighted by Crippen LogP contribution is 2.38. The van der Waals surface area contributed by atoms with Crippen LogP contribution in [0, 0.1) is 23.7 Å². The van der Waals surface area contributed by atoms with Crippen molar-refractivity contribution < 1.29 is 19.1 Å². The zero-order valence-corrected chi connectivity index (χ0v) is 19.5. The van der Waals surface area contributed by atoms with Crippen LogP contribution in [0.1, 0.15) is 111 Å². The van der Waals surface area contributed by atoms with Crippen molar-refractivity contribution in [2.24, 2.45) is 23.7 Å². The lowest BCUT2D eigenvalue weighted by molar-refractivity contribution is -0.165.